The van der Waals surface area contributed by atoms with Gasteiger partial charge in [-0.25, -0.2) is 4.68 Å². The normalized spacial score (nSPS) is 11.8. The Hall–Kier alpha value is -1.16. The molecule has 0 unspecified atom stereocenters. The van der Waals surface area contributed by atoms with Crippen molar-refractivity contribution in [3.63, 3.8) is 0 Å². The van der Waals surface area contributed by atoms with Crippen LogP contribution < -0.4 is 0 Å². The maximum atomic E-state index is 4.59. The second-order valence-corrected chi connectivity index (χ2v) is 5.53. The average molecular weight is 280 g/mol. The summed E-state index contributed by atoms with van der Waals surface area (Å²) < 4.78 is 2.84. The summed E-state index contributed by atoms with van der Waals surface area (Å²) in [6.07, 6.45) is 3.53. The largest absolute Gasteiger partial charge is 0.265 e. The van der Waals surface area contributed by atoms with Gasteiger partial charge in [0.2, 0.25) is 0 Å². The van der Waals surface area contributed by atoms with Gasteiger partial charge >= 0.3 is 0 Å². The summed E-state index contributed by atoms with van der Waals surface area (Å²) in [5.41, 5.74) is 2.13. The summed E-state index contributed by atoms with van der Waals surface area (Å²) in [6.45, 7) is 6.45. The van der Waals surface area contributed by atoms with Gasteiger partial charge in [-0.3, -0.25) is 4.98 Å². The summed E-state index contributed by atoms with van der Waals surface area (Å²) in [7, 11) is 0. The summed E-state index contributed by atoms with van der Waals surface area (Å²) >= 11 is 3.53. The fourth-order valence-corrected chi connectivity index (χ4v) is 1.89. The lowest BCUT2D eigenvalue weighted by atomic mass is 9.93. The number of halogens is 1. The Labute approximate surface area is 104 Å². The Morgan fingerprint density at radius 1 is 1.19 bits per heavy atom. The van der Waals surface area contributed by atoms with E-state index >= 15 is 0 Å². The molecule has 0 spiro atoms. The molecule has 0 amide bonds. The molecule has 16 heavy (non-hydrogen) atoms. The molecule has 2 aromatic rings. The standard InChI is InChI=1S/C12H14BrN3/c1-12(2,3)10-8-11(13)16(15-10)9-4-6-14-7-5-9/h4-8H,1-3H3. The van der Waals surface area contributed by atoms with Gasteiger partial charge in [-0.15, -0.1) is 0 Å². The van der Waals surface area contributed by atoms with E-state index < -0.39 is 0 Å². The Balaban J connectivity index is 2.48. The van der Waals surface area contributed by atoms with Crippen LogP contribution in [0.3, 0.4) is 0 Å². The summed E-state index contributed by atoms with van der Waals surface area (Å²) in [5, 5.41) is 4.59. The predicted octanol–water partition coefficient (Wildman–Crippen LogP) is 3.33. The highest BCUT2D eigenvalue weighted by molar-refractivity contribution is 9.10. The molecule has 84 valence electrons. The van der Waals surface area contributed by atoms with Crippen LogP contribution in [0.4, 0.5) is 0 Å². The highest BCUT2D eigenvalue weighted by atomic mass is 79.9. The van der Waals surface area contributed by atoms with E-state index in [0.717, 1.165) is 16.0 Å². The number of hydrogen-bond donors (Lipinski definition) is 0. The topological polar surface area (TPSA) is 30.7 Å². The van der Waals surface area contributed by atoms with Crippen molar-refractivity contribution in [1.29, 1.82) is 0 Å². The Morgan fingerprint density at radius 2 is 1.81 bits per heavy atom. The minimum atomic E-state index is 0.0563. The van der Waals surface area contributed by atoms with Crippen LogP contribution in [0.2, 0.25) is 0 Å². The molecule has 2 heterocycles. The van der Waals surface area contributed by atoms with E-state index in [2.05, 4.69) is 52.9 Å². The molecule has 0 atom stereocenters. The van der Waals surface area contributed by atoms with Crippen molar-refractivity contribution < 1.29 is 0 Å². The van der Waals surface area contributed by atoms with E-state index in [1.54, 1.807) is 12.4 Å². The molecule has 0 radical (unpaired) electrons. The third kappa shape index (κ3) is 2.16. The molecule has 2 rings (SSSR count). The van der Waals surface area contributed by atoms with Crippen LogP contribution in [0.1, 0.15) is 26.5 Å². The Morgan fingerprint density at radius 3 is 2.31 bits per heavy atom. The van der Waals surface area contributed by atoms with Gasteiger partial charge in [0, 0.05) is 17.8 Å². The van der Waals surface area contributed by atoms with Crippen LogP contribution in [-0.2, 0) is 5.41 Å². The molecule has 4 heteroatoms. The molecule has 0 saturated carbocycles. The number of rotatable bonds is 1. The second-order valence-electron chi connectivity index (χ2n) is 4.72. The van der Waals surface area contributed by atoms with Crippen molar-refractivity contribution in [3.05, 3.63) is 40.9 Å². The molecule has 3 nitrogen and oxygen atoms in total. The lowest BCUT2D eigenvalue weighted by Crippen LogP contribution is -2.12. The summed E-state index contributed by atoms with van der Waals surface area (Å²) in [4.78, 5) is 4.00. The van der Waals surface area contributed by atoms with Crippen LogP contribution in [0.25, 0.3) is 5.69 Å². The van der Waals surface area contributed by atoms with Gasteiger partial charge < -0.3 is 0 Å². The van der Waals surface area contributed by atoms with Crippen molar-refractivity contribution in [2.24, 2.45) is 0 Å². The zero-order chi connectivity index (χ0) is 11.8. The van der Waals surface area contributed by atoms with Crippen LogP contribution in [0.15, 0.2) is 35.2 Å². The zero-order valence-corrected chi connectivity index (χ0v) is 11.2. The van der Waals surface area contributed by atoms with Crippen LogP contribution in [0, 0.1) is 0 Å². The third-order valence-corrected chi connectivity index (χ3v) is 2.91. The van der Waals surface area contributed by atoms with Crippen molar-refractivity contribution in [3.8, 4) is 5.69 Å². The number of aromatic nitrogens is 3. The van der Waals surface area contributed by atoms with E-state index in [0.29, 0.717) is 0 Å². The van der Waals surface area contributed by atoms with E-state index in [4.69, 9.17) is 0 Å². The molecule has 0 fully saturated rings. The number of hydrogen-bond acceptors (Lipinski definition) is 2. The molecule has 2 aromatic heterocycles. The average Bonchev–Trinajstić information content (AvgIpc) is 2.61. The minimum Gasteiger partial charge on any atom is -0.265 e. The molecule has 0 aromatic carbocycles. The van der Waals surface area contributed by atoms with Gasteiger partial charge in [0.05, 0.1) is 11.4 Å². The summed E-state index contributed by atoms with van der Waals surface area (Å²) in [5.74, 6) is 0. The Kier molecular flexibility index (Phi) is 2.84. The molecule has 0 aliphatic rings. The first-order valence-corrected chi connectivity index (χ1v) is 5.94. The first-order valence-electron chi connectivity index (χ1n) is 5.15. The quantitative estimate of drug-likeness (QED) is 0.802. The Bertz CT molecular complexity index is 483. The van der Waals surface area contributed by atoms with E-state index in [9.17, 15) is 0 Å². The molecule has 0 aliphatic heterocycles. The van der Waals surface area contributed by atoms with Crippen molar-refractivity contribution >= 4 is 15.9 Å². The predicted molar refractivity (Wildman–Crippen MR) is 67.8 cm³/mol. The maximum Gasteiger partial charge on any atom is 0.110 e. The van der Waals surface area contributed by atoms with Gasteiger partial charge in [-0.2, -0.15) is 5.10 Å². The van der Waals surface area contributed by atoms with Gasteiger partial charge in [0.1, 0.15) is 4.60 Å². The number of nitrogens with zero attached hydrogens (tertiary/aromatic N) is 3. The van der Waals surface area contributed by atoms with E-state index in [1.807, 2.05) is 16.8 Å². The fourth-order valence-electron chi connectivity index (χ4n) is 1.39. The van der Waals surface area contributed by atoms with Crippen molar-refractivity contribution in [2.45, 2.75) is 26.2 Å². The molecule has 0 saturated heterocycles. The SMILES string of the molecule is CC(C)(C)c1cc(Br)n(-c2ccncc2)n1. The summed E-state index contributed by atoms with van der Waals surface area (Å²) in [6, 6.07) is 5.93. The van der Waals surface area contributed by atoms with Gasteiger partial charge in [-0.1, -0.05) is 20.8 Å². The van der Waals surface area contributed by atoms with Gasteiger partial charge in [0.15, 0.2) is 0 Å². The van der Waals surface area contributed by atoms with E-state index in [-0.39, 0.29) is 5.41 Å². The molecular weight excluding hydrogens is 266 g/mol. The van der Waals surface area contributed by atoms with Crippen molar-refractivity contribution in [2.75, 3.05) is 0 Å². The highest BCUT2D eigenvalue weighted by Crippen LogP contribution is 2.25. The first-order chi connectivity index (χ1) is 7.48. The highest BCUT2D eigenvalue weighted by Gasteiger charge is 2.19. The van der Waals surface area contributed by atoms with Crippen LogP contribution >= 0.6 is 15.9 Å². The lowest BCUT2D eigenvalue weighted by molar-refractivity contribution is 0.560. The third-order valence-electron chi connectivity index (χ3n) is 2.34. The zero-order valence-electron chi connectivity index (χ0n) is 9.61. The first kappa shape index (κ1) is 11.3. The maximum absolute atomic E-state index is 4.59. The lowest BCUT2D eigenvalue weighted by Gasteiger charge is -2.14. The smallest absolute Gasteiger partial charge is 0.110 e. The minimum absolute atomic E-state index is 0.0563. The molecular formula is C12H14BrN3. The van der Waals surface area contributed by atoms with Gasteiger partial charge in [0.25, 0.3) is 0 Å². The fraction of sp³-hybridized carbons (Fsp3) is 0.333. The molecule has 0 bridgehead atoms. The molecule has 0 N–H and O–H groups in total. The number of pyridine rings is 1. The monoisotopic (exact) mass is 279 g/mol. The van der Waals surface area contributed by atoms with Crippen LogP contribution in [0.5, 0.6) is 0 Å². The second kappa shape index (κ2) is 4.01. The van der Waals surface area contributed by atoms with Crippen molar-refractivity contribution in [1.82, 2.24) is 14.8 Å². The van der Waals surface area contributed by atoms with E-state index in [1.165, 1.54) is 0 Å². The van der Waals surface area contributed by atoms with Crippen LogP contribution in [-0.4, -0.2) is 14.8 Å². The molecule has 0 aliphatic carbocycles. The van der Waals surface area contributed by atoms with Gasteiger partial charge in [-0.05, 0) is 34.1 Å².